The maximum Gasteiger partial charge on any atom is 0.119 e. The minimum absolute atomic E-state index is 0.479. The fourth-order valence-corrected chi connectivity index (χ4v) is 5.03. The number of rotatable bonds is 5. The Morgan fingerprint density at radius 1 is 1.25 bits per heavy atom. The van der Waals surface area contributed by atoms with E-state index in [-0.39, 0.29) is 0 Å². The predicted molar refractivity (Wildman–Crippen MR) is 86.9 cm³/mol. The van der Waals surface area contributed by atoms with Gasteiger partial charge in [-0.1, -0.05) is 25.1 Å². The van der Waals surface area contributed by atoms with Gasteiger partial charge in [0.1, 0.15) is 12.4 Å². The molecule has 1 aliphatic rings. The summed E-state index contributed by atoms with van der Waals surface area (Å²) >= 11 is 3.87. The molecular weight excluding hydrogens is 286 g/mol. The minimum atomic E-state index is 0.479. The molecule has 0 fully saturated rings. The predicted octanol–water partition coefficient (Wildman–Crippen LogP) is 4.34. The van der Waals surface area contributed by atoms with Gasteiger partial charge in [0.2, 0.25) is 0 Å². The number of thioether (sulfide) groups is 1. The van der Waals surface area contributed by atoms with Gasteiger partial charge in [0.05, 0.1) is 4.21 Å². The Morgan fingerprint density at radius 2 is 2.10 bits per heavy atom. The molecular formula is C16H19NOS2. The third-order valence-corrected chi connectivity index (χ3v) is 5.76. The van der Waals surface area contributed by atoms with Crippen LogP contribution in [0.4, 0.5) is 0 Å². The van der Waals surface area contributed by atoms with Crippen molar-refractivity contribution in [2.75, 3.05) is 13.2 Å². The number of hydrogen-bond acceptors (Lipinski definition) is 4. The zero-order valence-electron chi connectivity index (χ0n) is 11.5. The van der Waals surface area contributed by atoms with E-state index in [1.54, 1.807) is 0 Å². The summed E-state index contributed by atoms with van der Waals surface area (Å²) in [6, 6.07) is 12.7. The zero-order chi connectivity index (χ0) is 13.8. The van der Waals surface area contributed by atoms with Gasteiger partial charge in [-0.3, -0.25) is 0 Å². The Balaban J connectivity index is 1.50. The Bertz CT molecular complexity index is 540. The van der Waals surface area contributed by atoms with Crippen LogP contribution in [0.5, 0.6) is 5.75 Å². The number of para-hydroxylation sites is 1. The van der Waals surface area contributed by atoms with Crippen LogP contribution in [0.25, 0.3) is 0 Å². The van der Waals surface area contributed by atoms with Crippen LogP contribution in [0, 0.1) is 0 Å². The minimum Gasteiger partial charge on any atom is -0.492 e. The molecule has 0 radical (unpaired) electrons. The van der Waals surface area contributed by atoms with Crippen molar-refractivity contribution in [1.82, 2.24) is 5.32 Å². The fraction of sp³-hybridized carbons (Fsp3) is 0.375. The lowest BCUT2D eigenvalue weighted by atomic mass is 10.1. The molecule has 1 aromatic heterocycles. The van der Waals surface area contributed by atoms with Crippen molar-refractivity contribution in [3.05, 3.63) is 47.3 Å². The van der Waals surface area contributed by atoms with Gasteiger partial charge in [-0.05, 0) is 35.6 Å². The molecule has 0 spiro atoms. The number of hydrogen-bond donors (Lipinski definition) is 1. The lowest BCUT2D eigenvalue weighted by molar-refractivity contribution is 0.302. The first-order valence-electron chi connectivity index (χ1n) is 6.98. The summed E-state index contributed by atoms with van der Waals surface area (Å²) in [4.78, 5) is 0. The van der Waals surface area contributed by atoms with E-state index in [1.807, 2.05) is 53.4 Å². The number of ether oxygens (including phenoxy) is 1. The van der Waals surface area contributed by atoms with Crippen molar-refractivity contribution in [3.63, 3.8) is 0 Å². The third-order valence-electron chi connectivity index (χ3n) is 3.41. The molecule has 106 valence electrons. The largest absolute Gasteiger partial charge is 0.492 e. The highest BCUT2D eigenvalue weighted by molar-refractivity contribution is 8.01. The maximum absolute atomic E-state index is 5.73. The average Bonchev–Trinajstić information content (AvgIpc) is 2.92. The monoisotopic (exact) mass is 305 g/mol. The second-order valence-electron chi connectivity index (χ2n) is 5.00. The van der Waals surface area contributed by atoms with E-state index in [0.29, 0.717) is 17.9 Å². The van der Waals surface area contributed by atoms with Gasteiger partial charge in [0.25, 0.3) is 0 Å². The summed E-state index contributed by atoms with van der Waals surface area (Å²) in [5.41, 5.74) is 1.47. The summed E-state index contributed by atoms with van der Waals surface area (Å²) in [7, 11) is 0. The standard InChI is InChI=1S/C16H19NOS2/c1-12-11-15(14-7-10-19-16(14)20-12)17-8-9-18-13-5-3-2-4-6-13/h2-7,10,12,15,17H,8-9,11H2,1H3/t12-,15?/m0/s1. The van der Waals surface area contributed by atoms with E-state index in [9.17, 15) is 0 Å². The van der Waals surface area contributed by atoms with Crippen molar-refractivity contribution in [3.8, 4) is 5.75 Å². The molecule has 2 nitrogen and oxygen atoms in total. The van der Waals surface area contributed by atoms with Crippen LogP contribution in [0.1, 0.15) is 24.9 Å². The third kappa shape index (κ3) is 3.37. The van der Waals surface area contributed by atoms with E-state index in [4.69, 9.17) is 4.74 Å². The Kier molecular flexibility index (Phi) is 4.65. The van der Waals surface area contributed by atoms with Crippen LogP contribution in [0.3, 0.4) is 0 Å². The summed E-state index contributed by atoms with van der Waals surface area (Å²) < 4.78 is 7.21. The van der Waals surface area contributed by atoms with Crippen molar-refractivity contribution >= 4 is 23.1 Å². The van der Waals surface area contributed by atoms with Crippen LogP contribution in [-0.4, -0.2) is 18.4 Å². The van der Waals surface area contributed by atoms with Crippen molar-refractivity contribution in [2.24, 2.45) is 0 Å². The fourth-order valence-electron chi connectivity index (χ4n) is 2.46. The quantitative estimate of drug-likeness (QED) is 0.830. The molecule has 2 atom stereocenters. The van der Waals surface area contributed by atoms with Crippen molar-refractivity contribution in [2.45, 2.75) is 28.8 Å². The number of thiophene rings is 1. The SMILES string of the molecule is C[C@H]1CC(NCCOc2ccccc2)c2ccsc2S1. The van der Waals surface area contributed by atoms with Gasteiger partial charge >= 0.3 is 0 Å². The van der Waals surface area contributed by atoms with E-state index in [0.717, 1.165) is 12.3 Å². The molecule has 1 unspecified atom stereocenters. The van der Waals surface area contributed by atoms with Gasteiger partial charge < -0.3 is 10.1 Å². The van der Waals surface area contributed by atoms with Crippen LogP contribution in [-0.2, 0) is 0 Å². The molecule has 0 aliphatic carbocycles. The van der Waals surface area contributed by atoms with Crippen LogP contribution < -0.4 is 10.1 Å². The highest BCUT2D eigenvalue weighted by Gasteiger charge is 2.25. The molecule has 2 aromatic rings. The van der Waals surface area contributed by atoms with Gasteiger partial charge in [0, 0.05) is 17.8 Å². The second kappa shape index (κ2) is 6.66. The lowest BCUT2D eigenvalue weighted by Crippen LogP contribution is -2.29. The molecule has 4 heteroatoms. The summed E-state index contributed by atoms with van der Waals surface area (Å²) in [5.74, 6) is 0.943. The molecule has 20 heavy (non-hydrogen) atoms. The number of benzene rings is 1. The summed E-state index contributed by atoms with van der Waals surface area (Å²) in [6.07, 6.45) is 1.19. The zero-order valence-corrected chi connectivity index (χ0v) is 13.2. The Labute approximate surface area is 128 Å². The maximum atomic E-state index is 5.73. The van der Waals surface area contributed by atoms with Gasteiger partial charge in [0.15, 0.2) is 0 Å². The van der Waals surface area contributed by atoms with Gasteiger partial charge in [-0.25, -0.2) is 0 Å². The van der Waals surface area contributed by atoms with Crippen LogP contribution in [0.2, 0.25) is 0 Å². The van der Waals surface area contributed by atoms with Crippen LogP contribution in [0.15, 0.2) is 46.0 Å². The Morgan fingerprint density at radius 3 is 2.95 bits per heavy atom. The summed E-state index contributed by atoms with van der Waals surface area (Å²) in [5, 5.41) is 6.52. The first kappa shape index (κ1) is 14.0. The number of nitrogens with one attached hydrogen (secondary N) is 1. The summed E-state index contributed by atoms with van der Waals surface area (Å²) in [6.45, 7) is 3.90. The van der Waals surface area contributed by atoms with Crippen LogP contribution >= 0.6 is 23.1 Å². The molecule has 3 rings (SSSR count). The molecule has 1 N–H and O–H groups in total. The number of fused-ring (bicyclic) bond motifs is 1. The van der Waals surface area contributed by atoms with Crippen molar-refractivity contribution in [1.29, 1.82) is 0 Å². The lowest BCUT2D eigenvalue weighted by Gasteiger charge is -2.27. The van der Waals surface area contributed by atoms with Gasteiger partial charge in [-0.15, -0.1) is 23.1 Å². The molecule has 0 saturated heterocycles. The topological polar surface area (TPSA) is 21.3 Å². The normalized spacial score (nSPS) is 21.4. The first-order chi connectivity index (χ1) is 9.83. The van der Waals surface area contributed by atoms with E-state index in [2.05, 4.69) is 23.7 Å². The molecule has 2 heterocycles. The second-order valence-corrected chi connectivity index (χ2v) is 7.62. The van der Waals surface area contributed by atoms with E-state index >= 15 is 0 Å². The average molecular weight is 305 g/mol. The van der Waals surface area contributed by atoms with Crippen molar-refractivity contribution < 1.29 is 4.74 Å². The molecule has 0 bridgehead atoms. The first-order valence-corrected chi connectivity index (χ1v) is 8.74. The Hall–Kier alpha value is -0.970. The molecule has 1 aromatic carbocycles. The molecule has 0 amide bonds. The highest BCUT2D eigenvalue weighted by Crippen LogP contribution is 2.43. The molecule has 1 aliphatic heterocycles. The highest BCUT2D eigenvalue weighted by atomic mass is 32.2. The van der Waals surface area contributed by atoms with Gasteiger partial charge in [-0.2, -0.15) is 0 Å². The van der Waals surface area contributed by atoms with E-state index in [1.165, 1.54) is 16.2 Å². The van der Waals surface area contributed by atoms with E-state index < -0.39 is 0 Å². The molecule has 0 saturated carbocycles. The smallest absolute Gasteiger partial charge is 0.119 e.